The smallest absolute Gasteiger partial charge is 0.192 e. The summed E-state index contributed by atoms with van der Waals surface area (Å²) in [6.07, 6.45) is 2.62. The van der Waals surface area contributed by atoms with Gasteiger partial charge in [-0.2, -0.15) is 0 Å². The zero-order valence-electron chi connectivity index (χ0n) is 20.4. The van der Waals surface area contributed by atoms with Crippen LogP contribution in [0.1, 0.15) is 40.8 Å². The van der Waals surface area contributed by atoms with Gasteiger partial charge in [0, 0.05) is 11.6 Å². The van der Waals surface area contributed by atoms with Gasteiger partial charge in [0.25, 0.3) is 0 Å². The molecule has 5 rings (SSSR count). The molecule has 0 aromatic carbocycles. The Morgan fingerprint density at radius 2 is 1.91 bits per heavy atom. The Kier molecular flexibility index (Phi) is 5.58. The first-order valence-electron chi connectivity index (χ1n) is 11.5. The van der Waals surface area contributed by atoms with Crippen molar-refractivity contribution in [2.75, 3.05) is 6.61 Å². The average Bonchev–Trinajstić information content (AvgIpc) is 3.48. The molecule has 0 saturated carbocycles. The highest BCUT2D eigenvalue weighted by molar-refractivity contribution is 7.13. The number of hydrogen-bond donors (Lipinski definition) is 0. The molecule has 0 radical (unpaired) electrons. The van der Waals surface area contributed by atoms with Gasteiger partial charge >= 0.3 is 0 Å². The molecule has 3 aromatic heterocycles. The zero-order chi connectivity index (χ0) is 23.6. The molecule has 2 aliphatic heterocycles. The molecule has 2 saturated heterocycles. The molecule has 0 spiro atoms. The van der Waals surface area contributed by atoms with E-state index >= 15 is 0 Å². The van der Waals surface area contributed by atoms with Gasteiger partial charge in [-0.15, -0.1) is 11.3 Å². The minimum atomic E-state index is -1.92. The summed E-state index contributed by atoms with van der Waals surface area (Å²) in [4.78, 5) is 10.3. The van der Waals surface area contributed by atoms with Gasteiger partial charge in [0.05, 0.1) is 17.2 Å². The topological polar surface area (TPSA) is 67.6 Å². The fourth-order valence-electron chi connectivity index (χ4n) is 4.31. The third kappa shape index (κ3) is 4.09. The van der Waals surface area contributed by atoms with Crippen LogP contribution in [0.25, 0.3) is 21.6 Å². The summed E-state index contributed by atoms with van der Waals surface area (Å²) < 4.78 is 27.8. The molecule has 178 valence electrons. The van der Waals surface area contributed by atoms with Crippen LogP contribution in [0, 0.1) is 0 Å². The van der Waals surface area contributed by atoms with Crippen LogP contribution in [0.15, 0.2) is 36.1 Å². The van der Waals surface area contributed by atoms with E-state index in [0.717, 1.165) is 21.6 Å². The Balaban J connectivity index is 1.46. The average molecular weight is 488 g/mol. The third-order valence-electron chi connectivity index (χ3n) is 7.08. The number of thiophene rings is 1. The van der Waals surface area contributed by atoms with Crippen LogP contribution in [-0.2, 0) is 18.6 Å². The lowest BCUT2D eigenvalue weighted by Crippen LogP contribution is -2.44. The number of rotatable bonds is 5. The van der Waals surface area contributed by atoms with Crippen molar-refractivity contribution in [3.8, 4) is 10.6 Å². The maximum Gasteiger partial charge on any atom is 0.192 e. The Morgan fingerprint density at radius 1 is 1.15 bits per heavy atom. The van der Waals surface area contributed by atoms with Crippen LogP contribution < -0.4 is 0 Å². The molecule has 0 aliphatic carbocycles. The lowest BCUT2D eigenvalue weighted by atomic mass is 10.1. The minimum Gasteiger partial charge on any atom is -0.414 e. The molecule has 0 N–H and O–H groups in total. The van der Waals surface area contributed by atoms with Gasteiger partial charge in [-0.05, 0) is 49.5 Å². The second-order valence-electron chi connectivity index (χ2n) is 10.9. The van der Waals surface area contributed by atoms with Crippen molar-refractivity contribution in [2.24, 2.45) is 0 Å². The monoisotopic (exact) mass is 487 g/mol. The maximum atomic E-state index is 6.57. The SMILES string of the molecule is CC1(C)O[C@@H]2[C@H](O1)[C@@H](CO[Si](C)(C)C(C)(C)C)O[C@H]2n1ccc2c(-c3cccs3)ncnc21. The highest BCUT2D eigenvalue weighted by Gasteiger charge is 2.56. The van der Waals surface area contributed by atoms with Gasteiger partial charge in [-0.3, -0.25) is 0 Å². The van der Waals surface area contributed by atoms with E-state index in [1.54, 1.807) is 17.7 Å². The van der Waals surface area contributed by atoms with E-state index in [4.69, 9.17) is 18.6 Å². The van der Waals surface area contributed by atoms with Crippen LogP contribution in [-0.4, -0.2) is 53.6 Å². The number of aromatic nitrogens is 3. The van der Waals surface area contributed by atoms with E-state index in [1.165, 1.54) is 0 Å². The largest absolute Gasteiger partial charge is 0.414 e. The molecule has 0 bridgehead atoms. The van der Waals surface area contributed by atoms with Crippen molar-refractivity contribution in [3.05, 3.63) is 36.1 Å². The first-order valence-corrected chi connectivity index (χ1v) is 15.3. The Hall–Kier alpha value is -1.62. The number of fused-ring (bicyclic) bond motifs is 2. The molecule has 3 aromatic rings. The van der Waals surface area contributed by atoms with Crippen molar-refractivity contribution >= 4 is 30.7 Å². The fourth-order valence-corrected chi connectivity index (χ4v) is 6.06. The standard InChI is InChI=1S/C24H33N3O4SSi/c1-23(2,3)33(6,7)28-13-16-19-20(31-24(4,5)30-19)22(29-16)27-11-10-15-18(17-9-8-12-32-17)25-14-26-21(15)27/h8-12,14,16,19-20,22H,13H2,1-7H3/t16-,19-,20-,22-/m1/s1. The van der Waals surface area contributed by atoms with E-state index in [2.05, 4.69) is 65.9 Å². The molecule has 2 aliphatic rings. The summed E-state index contributed by atoms with van der Waals surface area (Å²) in [5.41, 5.74) is 1.77. The normalized spacial score (nSPS) is 27.4. The van der Waals surface area contributed by atoms with Crippen LogP contribution in [0.3, 0.4) is 0 Å². The molecule has 9 heteroatoms. The van der Waals surface area contributed by atoms with E-state index in [9.17, 15) is 0 Å². The van der Waals surface area contributed by atoms with Gasteiger partial charge in [0.2, 0.25) is 0 Å². The number of ether oxygens (including phenoxy) is 3. The van der Waals surface area contributed by atoms with Crippen LogP contribution in [0.2, 0.25) is 18.1 Å². The summed E-state index contributed by atoms with van der Waals surface area (Å²) in [6, 6.07) is 6.17. The van der Waals surface area contributed by atoms with Gasteiger partial charge in [0.1, 0.15) is 30.3 Å². The van der Waals surface area contributed by atoms with Crippen LogP contribution >= 0.6 is 11.3 Å². The fraction of sp³-hybridized carbons (Fsp3) is 0.583. The highest BCUT2D eigenvalue weighted by Crippen LogP contribution is 2.45. The Morgan fingerprint density at radius 3 is 2.61 bits per heavy atom. The second-order valence-corrected chi connectivity index (χ2v) is 16.6. The summed E-state index contributed by atoms with van der Waals surface area (Å²) >= 11 is 1.67. The summed E-state index contributed by atoms with van der Waals surface area (Å²) in [6.45, 7) is 15.7. The lowest BCUT2D eigenvalue weighted by Gasteiger charge is -2.37. The van der Waals surface area contributed by atoms with E-state index < -0.39 is 14.1 Å². The molecule has 7 nitrogen and oxygen atoms in total. The first kappa shape index (κ1) is 23.1. The second kappa shape index (κ2) is 7.96. The maximum absolute atomic E-state index is 6.57. The van der Waals surface area contributed by atoms with E-state index in [0.29, 0.717) is 6.61 Å². The van der Waals surface area contributed by atoms with Crippen molar-refractivity contribution in [3.63, 3.8) is 0 Å². The molecule has 0 amide bonds. The zero-order valence-corrected chi connectivity index (χ0v) is 22.2. The van der Waals surface area contributed by atoms with Crippen molar-refractivity contribution < 1.29 is 18.6 Å². The van der Waals surface area contributed by atoms with Gasteiger partial charge in [0.15, 0.2) is 20.3 Å². The highest BCUT2D eigenvalue weighted by atomic mass is 32.1. The van der Waals surface area contributed by atoms with Crippen LogP contribution in [0.5, 0.6) is 0 Å². The summed E-state index contributed by atoms with van der Waals surface area (Å²) in [5.74, 6) is -0.674. The number of nitrogens with zero attached hydrogens (tertiary/aromatic N) is 3. The molecule has 2 fully saturated rings. The predicted molar refractivity (Wildman–Crippen MR) is 132 cm³/mol. The van der Waals surface area contributed by atoms with Gasteiger partial charge in [-0.1, -0.05) is 26.8 Å². The molecular weight excluding hydrogens is 454 g/mol. The van der Waals surface area contributed by atoms with Gasteiger partial charge < -0.3 is 23.2 Å². The number of hydrogen-bond acceptors (Lipinski definition) is 7. The van der Waals surface area contributed by atoms with E-state index in [1.807, 2.05) is 26.1 Å². The first-order chi connectivity index (χ1) is 15.5. The van der Waals surface area contributed by atoms with Crippen molar-refractivity contribution in [1.29, 1.82) is 0 Å². The molecule has 4 atom stereocenters. The molecular formula is C24H33N3O4SSi. The van der Waals surface area contributed by atoms with Crippen LogP contribution in [0.4, 0.5) is 0 Å². The van der Waals surface area contributed by atoms with Crippen molar-refractivity contribution in [1.82, 2.24) is 14.5 Å². The van der Waals surface area contributed by atoms with E-state index in [-0.39, 0.29) is 29.6 Å². The van der Waals surface area contributed by atoms with Crippen molar-refractivity contribution in [2.45, 2.75) is 83.1 Å². The molecule has 5 heterocycles. The minimum absolute atomic E-state index is 0.127. The quantitative estimate of drug-likeness (QED) is 0.437. The molecule has 0 unspecified atom stereocenters. The summed E-state index contributed by atoms with van der Waals surface area (Å²) in [5, 5.41) is 3.19. The van der Waals surface area contributed by atoms with Gasteiger partial charge in [-0.25, -0.2) is 9.97 Å². The Bertz CT molecular complexity index is 1140. The Labute approximate surface area is 200 Å². The molecule has 33 heavy (non-hydrogen) atoms. The summed E-state index contributed by atoms with van der Waals surface area (Å²) in [7, 11) is -1.92. The third-order valence-corrected chi connectivity index (χ3v) is 12.5. The predicted octanol–water partition coefficient (Wildman–Crippen LogP) is 5.60. The lowest BCUT2D eigenvalue weighted by molar-refractivity contribution is -0.199.